The van der Waals surface area contributed by atoms with Gasteiger partial charge < -0.3 is 20.4 Å². The Morgan fingerprint density at radius 3 is 2.65 bits per heavy atom. The highest BCUT2D eigenvalue weighted by molar-refractivity contribution is 7.07. The van der Waals surface area contributed by atoms with Gasteiger partial charge in [-0.05, 0) is 80.0 Å². The molecule has 0 unspecified atom stereocenters. The summed E-state index contributed by atoms with van der Waals surface area (Å²) in [7, 11) is 4.06. The molecule has 1 aromatic heterocycles. The summed E-state index contributed by atoms with van der Waals surface area (Å²) in [6.45, 7) is 4.87. The normalized spacial score (nSPS) is 15.3. The van der Waals surface area contributed by atoms with E-state index >= 15 is 0 Å². The zero-order valence-electron chi connectivity index (χ0n) is 15.8. The summed E-state index contributed by atoms with van der Waals surface area (Å²) in [4.78, 5) is 16.9. The van der Waals surface area contributed by atoms with Gasteiger partial charge in [-0.1, -0.05) is 0 Å². The van der Waals surface area contributed by atoms with Crippen molar-refractivity contribution in [3.05, 3.63) is 46.2 Å². The molecule has 0 radical (unpaired) electrons. The second kappa shape index (κ2) is 8.56. The quantitative estimate of drug-likeness (QED) is 0.803. The van der Waals surface area contributed by atoms with E-state index in [0.717, 1.165) is 24.3 Å². The highest BCUT2D eigenvalue weighted by Crippen LogP contribution is 2.25. The van der Waals surface area contributed by atoms with E-state index in [2.05, 4.69) is 49.4 Å². The number of benzene rings is 1. The van der Waals surface area contributed by atoms with E-state index in [0.29, 0.717) is 6.54 Å². The number of rotatable bonds is 6. The molecule has 2 heterocycles. The molecule has 1 fully saturated rings. The first-order chi connectivity index (χ1) is 12.5. The van der Waals surface area contributed by atoms with Gasteiger partial charge in [0.2, 0.25) is 0 Å². The van der Waals surface area contributed by atoms with Crippen LogP contribution in [0.3, 0.4) is 0 Å². The zero-order chi connectivity index (χ0) is 18.5. The molecule has 0 spiro atoms. The van der Waals surface area contributed by atoms with E-state index in [1.807, 2.05) is 27.1 Å². The fraction of sp³-hybridized carbons (Fsp3) is 0.450. The van der Waals surface area contributed by atoms with Crippen molar-refractivity contribution in [1.29, 1.82) is 0 Å². The summed E-state index contributed by atoms with van der Waals surface area (Å²) < 4.78 is 0. The highest BCUT2D eigenvalue weighted by Gasteiger charge is 2.17. The van der Waals surface area contributed by atoms with Crippen molar-refractivity contribution in [3.8, 4) is 0 Å². The smallest absolute Gasteiger partial charge is 0.319 e. The molecule has 3 rings (SSSR count). The first-order valence-corrected chi connectivity index (χ1v) is 10.1. The van der Waals surface area contributed by atoms with Crippen LogP contribution in [0.4, 0.5) is 16.2 Å². The Bertz CT molecular complexity index is 723. The van der Waals surface area contributed by atoms with Crippen LogP contribution in [0.2, 0.25) is 0 Å². The molecule has 5 nitrogen and oxygen atoms in total. The SMILES string of the molecule is Cc1cc(N2CCCC2)ccc1NC(=O)NC[C@@H](c1ccsc1)N(C)C. The van der Waals surface area contributed by atoms with E-state index in [9.17, 15) is 4.79 Å². The van der Waals surface area contributed by atoms with E-state index in [1.165, 1.54) is 24.1 Å². The lowest BCUT2D eigenvalue weighted by Gasteiger charge is -2.24. The van der Waals surface area contributed by atoms with Crippen molar-refractivity contribution in [2.24, 2.45) is 0 Å². The Labute approximate surface area is 160 Å². The minimum absolute atomic E-state index is 0.163. The lowest BCUT2D eigenvalue weighted by Crippen LogP contribution is -2.36. The van der Waals surface area contributed by atoms with E-state index in [-0.39, 0.29) is 12.1 Å². The Morgan fingerprint density at radius 2 is 2.04 bits per heavy atom. The number of carbonyl (C=O) groups is 1. The van der Waals surface area contributed by atoms with Crippen molar-refractivity contribution >= 4 is 28.7 Å². The molecule has 1 aliphatic rings. The van der Waals surface area contributed by atoms with Crippen LogP contribution in [-0.4, -0.2) is 44.7 Å². The van der Waals surface area contributed by atoms with Crippen LogP contribution in [0.5, 0.6) is 0 Å². The lowest BCUT2D eigenvalue weighted by atomic mass is 10.1. The molecular formula is C20H28N4OS. The third kappa shape index (κ3) is 4.56. The zero-order valence-corrected chi connectivity index (χ0v) is 16.6. The summed E-state index contributed by atoms with van der Waals surface area (Å²) >= 11 is 1.68. The number of hydrogen-bond donors (Lipinski definition) is 2. The Hall–Kier alpha value is -2.05. The number of carbonyl (C=O) groups excluding carboxylic acids is 1. The third-order valence-corrected chi connectivity index (χ3v) is 5.64. The molecule has 2 aromatic rings. The van der Waals surface area contributed by atoms with Gasteiger partial charge in [-0.2, -0.15) is 11.3 Å². The Morgan fingerprint density at radius 1 is 1.27 bits per heavy atom. The topological polar surface area (TPSA) is 47.6 Å². The summed E-state index contributed by atoms with van der Waals surface area (Å²) in [6.07, 6.45) is 2.53. The van der Waals surface area contributed by atoms with Gasteiger partial charge in [0.1, 0.15) is 0 Å². The van der Waals surface area contributed by atoms with E-state index in [1.54, 1.807) is 11.3 Å². The number of hydrogen-bond acceptors (Lipinski definition) is 4. The predicted molar refractivity (Wildman–Crippen MR) is 110 cm³/mol. The second-order valence-corrected chi connectivity index (χ2v) is 7.84. The Balaban J connectivity index is 1.57. The minimum Gasteiger partial charge on any atom is -0.372 e. The number of aryl methyl sites for hydroxylation is 1. The molecule has 6 heteroatoms. The van der Waals surface area contributed by atoms with Gasteiger partial charge in [-0.25, -0.2) is 4.79 Å². The summed E-state index contributed by atoms with van der Waals surface area (Å²) in [5.74, 6) is 0. The molecule has 140 valence electrons. The van der Waals surface area contributed by atoms with Gasteiger partial charge in [-0.3, -0.25) is 0 Å². The van der Waals surface area contributed by atoms with Gasteiger partial charge in [0.25, 0.3) is 0 Å². The number of likely N-dealkylation sites (N-methyl/N-ethyl adjacent to an activating group) is 1. The van der Waals surface area contributed by atoms with Crippen molar-refractivity contribution in [2.45, 2.75) is 25.8 Å². The molecule has 0 aliphatic carbocycles. The van der Waals surface area contributed by atoms with Crippen molar-refractivity contribution < 1.29 is 4.79 Å². The maximum absolute atomic E-state index is 12.4. The molecule has 1 atom stereocenters. The van der Waals surface area contributed by atoms with E-state index < -0.39 is 0 Å². The number of thiophene rings is 1. The summed E-state index contributed by atoms with van der Waals surface area (Å²) in [6, 6.07) is 8.38. The average molecular weight is 373 g/mol. The number of nitrogens with one attached hydrogen (secondary N) is 2. The molecule has 2 amide bonds. The van der Waals surface area contributed by atoms with Crippen LogP contribution in [-0.2, 0) is 0 Å². The third-order valence-electron chi connectivity index (χ3n) is 4.94. The number of urea groups is 1. The van der Waals surface area contributed by atoms with Crippen LogP contribution in [0.15, 0.2) is 35.0 Å². The van der Waals surface area contributed by atoms with Crippen molar-refractivity contribution in [3.63, 3.8) is 0 Å². The first kappa shape index (κ1) is 18.7. The van der Waals surface area contributed by atoms with Gasteiger partial charge in [0.05, 0.1) is 6.04 Å². The number of amides is 2. The molecule has 26 heavy (non-hydrogen) atoms. The summed E-state index contributed by atoms with van der Waals surface area (Å²) in [5.41, 5.74) is 4.43. The molecule has 1 saturated heterocycles. The fourth-order valence-electron chi connectivity index (χ4n) is 3.38. The molecule has 2 N–H and O–H groups in total. The largest absolute Gasteiger partial charge is 0.372 e. The van der Waals surface area contributed by atoms with Crippen LogP contribution < -0.4 is 15.5 Å². The van der Waals surface area contributed by atoms with Crippen molar-refractivity contribution in [1.82, 2.24) is 10.2 Å². The van der Waals surface area contributed by atoms with Crippen LogP contribution in [0, 0.1) is 6.92 Å². The second-order valence-electron chi connectivity index (χ2n) is 7.06. The van der Waals surface area contributed by atoms with Gasteiger partial charge >= 0.3 is 6.03 Å². The van der Waals surface area contributed by atoms with Gasteiger partial charge in [0.15, 0.2) is 0 Å². The van der Waals surface area contributed by atoms with Gasteiger partial charge in [-0.15, -0.1) is 0 Å². The minimum atomic E-state index is -0.163. The highest BCUT2D eigenvalue weighted by atomic mass is 32.1. The molecular weight excluding hydrogens is 344 g/mol. The van der Waals surface area contributed by atoms with Crippen LogP contribution in [0.1, 0.15) is 30.0 Å². The number of nitrogens with zero attached hydrogens (tertiary/aromatic N) is 2. The van der Waals surface area contributed by atoms with Crippen LogP contribution >= 0.6 is 11.3 Å². The maximum atomic E-state index is 12.4. The predicted octanol–water partition coefficient (Wildman–Crippen LogP) is 4.08. The molecule has 1 aliphatic heterocycles. The molecule has 0 bridgehead atoms. The lowest BCUT2D eigenvalue weighted by molar-refractivity contribution is 0.243. The number of anilines is 2. The van der Waals surface area contributed by atoms with Gasteiger partial charge in [0, 0.05) is 31.0 Å². The molecule has 1 aromatic carbocycles. The molecule has 0 saturated carbocycles. The van der Waals surface area contributed by atoms with Crippen LogP contribution in [0.25, 0.3) is 0 Å². The maximum Gasteiger partial charge on any atom is 0.319 e. The fourth-order valence-corrected chi connectivity index (χ4v) is 4.09. The van der Waals surface area contributed by atoms with E-state index in [4.69, 9.17) is 0 Å². The van der Waals surface area contributed by atoms with Crippen molar-refractivity contribution in [2.75, 3.05) is 43.9 Å². The monoisotopic (exact) mass is 372 g/mol. The standard InChI is InChI=1S/C20H28N4OS/c1-15-12-17(24-9-4-5-10-24)6-7-18(15)22-20(25)21-13-19(23(2)3)16-8-11-26-14-16/h6-8,11-12,14,19H,4-5,9-10,13H2,1-3H3,(H2,21,22,25)/t19-/m0/s1. The average Bonchev–Trinajstić information content (AvgIpc) is 3.30. The summed E-state index contributed by atoms with van der Waals surface area (Å²) in [5, 5.41) is 10.2. The Kier molecular flexibility index (Phi) is 6.16. The first-order valence-electron chi connectivity index (χ1n) is 9.13.